The van der Waals surface area contributed by atoms with Gasteiger partial charge in [0.25, 0.3) is 0 Å². The maximum atomic E-state index is 12.1. The number of benzene rings is 1. The molecule has 0 spiro atoms. The second-order valence-electron chi connectivity index (χ2n) is 4.96. The third-order valence-electron chi connectivity index (χ3n) is 3.69. The Bertz CT molecular complexity index is 390. The van der Waals surface area contributed by atoms with Crippen LogP contribution in [-0.2, 0) is 11.2 Å². The van der Waals surface area contributed by atoms with E-state index in [2.05, 4.69) is 6.92 Å². The molecule has 1 aromatic carbocycles. The monoisotopic (exact) mass is 233 g/mol. The molecule has 1 N–H and O–H groups in total. The van der Waals surface area contributed by atoms with Crippen molar-refractivity contribution in [3.05, 3.63) is 35.9 Å². The van der Waals surface area contributed by atoms with Crippen molar-refractivity contribution < 1.29 is 9.90 Å². The molecule has 0 unspecified atom stereocenters. The van der Waals surface area contributed by atoms with E-state index in [9.17, 15) is 9.90 Å². The number of aliphatic hydroxyl groups excluding tert-OH is 1. The van der Waals surface area contributed by atoms with Crippen molar-refractivity contribution in [2.24, 2.45) is 11.8 Å². The van der Waals surface area contributed by atoms with Crippen LogP contribution in [0, 0.1) is 11.8 Å². The number of likely N-dealkylation sites (tertiary alicyclic amines) is 1. The highest BCUT2D eigenvalue weighted by Crippen LogP contribution is 2.27. The van der Waals surface area contributed by atoms with E-state index in [4.69, 9.17) is 0 Å². The van der Waals surface area contributed by atoms with Crippen molar-refractivity contribution in [1.82, 2.24) is 4.90 Å². The highest BCUT2D eigenvalue weighted by molar-refractivity contribution is 5.79. The highest BCUT2D eigenvalue weighted by Gasteiger charge is 2.37. The maximum absolute atomic E-state index is 12.1. The minimum absolute atomic E-state index is 0.0138. The summed E-state index contributed by atoms with van der Waals surface area (Å²) in [6.07, 6.45) is -0.252. The zero-order valence-electron chi connectivity index (χ0n) is 10.3. The van der Waals surface area contributed by atoms with Crippen LogP contribution in [0.3, 0.4) is 0 Å². The third-order valence-corrected chi connectivity index (χ3v) is 3.69. The summed E-state index contributed by atoms with van der Waals surface area (Å²) in [5.41, 5.74) is 0.997. The van der Waals surface area contributed by atoms with Gasteiger partial charge in [-0.25, -0.2) is 0 Å². The number of carbonyl (C=O) groups excluding carboxylic acids is 1. The summed E-state index contributed by atoms with van der Waals surface area (Å²) in [4.78, 5) is 13.7. The van der Waals surface area contributed by atoms with Crippen LogP contribution in [0.4, 0.5) is 0 Å². The van der Waals surface area contributed by atoms with Crippen molar-refractivity contribution in [3.8, 4) is 0 Å². The number of amides is 1. The zero-order valence-corrected chi connectivity index (χ0v) is 10.3. The highest BCUT2D eigenvalue weighted by atomic mass is 16.3. The topological polar surface area (TPSA) is 40.5 Å². The van der Waals surface area contributed by atoms with Crippen molar-refractivity contribution >= 4 is 5.91 Å². The molecular weight excluding hydrogens is 214 g/mol. The summed E-state index contributed by atoms with van der Waals surface area (Å²) in [5, 5.41) is 9.98. The summed E-state index contributed by atoms with van der Waals surface area (Å²) in [7, 11) is 0. The summed E-state index contributed by atoms with van der Waals surface area (Å²) in [5.74, 6) is 0.541. The second kappa shape index (κ2) is 4.88. The molecule has 1 heterocycles. The van der Waals surface area contributed by atoms with Crippen molar-refractivity contribution in [2.45, 2.75) is 26.5 Å². The van der Waals surface area contributed by atoms with Gasteiger partial charge in [0.2, 0.25) is 5.91 Å². The average Bonchev–Trinajstić information content (AvgIpc) is 2.58. The van der Waals surface area contributed by atoms with Gasteiger partial charge in [-0.3, -0.25) is 4.79 Å². The molecule has 3 atom stereocenters. The molecule has 1 saturated heterocycles. The summed E-state index contributed by atoms with van der Waals surface area (Å²) in [6, 6.07) is 9.66. The SMILES string of the molecule is C[C@@H]1[C@H](C)CN(C(=O)Cc2ccccc2)[C@H]1O. The molecule has 0 bridgehead atoms. The van der Waals surface area contributed by atoms with Crippen LogP contribution in [0.15, 0.2) is 30.3 Å². The molecule has 92 valence electrons. The fraction of sp³-hybridized carbons (Fsp3) is 0.500. The van der Waals surface area contributed by atoms with E-state index in [0.717, 1.165) is 5.56 Å². The van der Waals surface area contributed by atoms with Crippen LogP contribution in [-0.4, -0.2) is 28.7 Å². The van der Waals surface area contributed by atoms with E-state index in [1.807, 2.05) is 37.3 Å². The number of hydrogen-bond acceptors (Lipinski definition) is 2. The number of aliphatic hydroxyl groups is 1. The van der Waals surface area contributed by atoms with E-state index >= 15 is 0 Å². The molecule has 0 radical (unpaired) electrons. The van der Waals surface area contributed by atoms with Crippen molar-refractivity contribution in [3.63, 3.8) is 0 Å². The Balaban J connectivity index is 2.02. The van der Waals surface area contributed by atoms with Gasteiger partial charge < -0.3 is 10.0 Å². The van der Waals surface area contributed by atoms with Crippen LogP contribution >= 0.6 is 0 Å². The van der Waals surface area contributed by atoms with Crippen molar-refractivity contribution in [2.75, 3.05) is 6.54 Å². The maximum Gasteiger partial charge on any atom is 0.229 e. The smallest absolute Gasteiger partial charge is 0.229 e. The first-order valence-electron chi connectivity index (χ1n) is 6.11. The molecule has 0 saturated carbocycles. The number of carbonyl (C=O) groups is 1. The van der Waals surface area contributed by atoms with E-state index in [1.54, 1.807) is 4.90 Å². The molecular formula is C14H19NO2. The molecule has 1 fully saturated rings. The molecule has 0 aliphatic carbocycles. The molecule has 1 amide bonds. The second-order valence-corrected chi connectivity index (χ2v) is 4.96. The Morgan fingerprint density at radius 3 is 2.53 bits per heavy atom. The standard InChI is InChI=1S/C14H19NO2/c1-10-9-15(14(17)11(10)2)13(16)8-12-6-4-3-5-7-12/h3-7,10-11,14,17H,8-9H2,1-2H3/t10-,11-,14+/m1/s1. The summed E-state index contributed by atoms with van der Waals surface area (Å²) < 4.78 is 0. The number of nitrogens with zero attached hydrogens (tertiary/aromatic N) is 1. The predicted octanol–water partition coefficient (Wildman–Crippen LogP) is 1.66. The lowest BCUT2D eigenvalue weighted by Crippen LogP contribution is -2.38. The molecule has 2 rings (SSSR count). The Kier molecular flexibility index (Phi) is 3.48. The van der Waals surface area contributed by atoms with E-state index in [1.165, 1.54) is 0 Å². The largest absolute Gasteiger partial charge is 0.373 e. The lowest BCUT2D eigenvalue weighted by Gasteiger charge is -2.22. The van der Waals surface area contributed by atoms with Crippen LogP contribution in [0.5, 0.6) is 0 Å². The first kappa shape index (κ1) is 12.1. The number of rotatable bonds is 2. The Morgan fingerprint density at radius 2 is 2.00 bits per heavy atom. The van der Waals surface area contributed by atoms with Crippen LogP contribution in [0.1, 0.15) is 19.4 Å². The van der Waals surface area contributed by atoms with Crippen LogP contribution in [0.2, 0.25) is 0 Å². The van der Waals surface area contributed by atoms with E-state index in [0.29, 0.717) is 18.9 Å². The molecule has 3 nitrogen and oxygen atoms in total. The predicted molar refractivity (Wildman–Crippen MR) is 66.2 cm³/mol. The van der Waals surface area contributed by atoms with Gasteiger partial charge in [-0.05, 0) is 11.5 Å². The summed E-state index contributed by atoms with van der Waals surface area (Å²) in [6.45, 7) is 4.73. The third kappa shape index (κ3) is 2.50. The van der Waals surface area contributed by atoms with Crippen LogP contribution in [0.25, 0.3) is 0 Å². The molecule has 17 heavy (non-hydrogen) atoms. The fourth-order valence-electron chi connectivity index (χ4n) is 2.28. The van der Waals surface area contributed by atoms with Gasteiger partial charge in [0, 0.05) is 12.5 Å². The zero-order chi connectivity index (χ0) is 12.4. The first-order valence-corrected chi connectivity index (χ1v) is 6.11. The normalized spacial score (nSPS) is 28.4. The molecule has 1 aliphatic rings. The Morgan fingerprint density at radius 1 is 1.35 bits per heavy atom. The average molecular weight is 233 g/mol. The minimum Gasteiger partial charge on any atom is -0.373 e. The lowest BCUT2D eigenvalue weighted by molar-refractivity contribution is -0.138. The van der Waals surface area contributed by atoms with Crippen LogP contribution < -0.4 is 0 Å². The van der Waals surface area contributed by atoms with Crippen molar-refractivity contribution in [1.29, 1.82) is 0 Å². The first-order chi connectivity index (χ1) is 8.09. The van der Waals surface area contributed by atoms with E-state index < -0.39 is 6.23 Å². The minimum atomic E-state index is -0.624. The molecule has 1 aromatic rings. The van der Waals surface area contributed by atoms with Gasteiger partial charge in [-0.2, -0.15) is 0 Å². The molecule has 1 aliphatic heterocycles. The van der Waals surface area contributed by atoms with E-state index in [-0.39, 0.29) is 11.8 Å². The van der Waals surface area contributed by atoms with Gasteiger partial charge in [-0.1, -0.05) is 44.2 Å². The summed E-state index contributed by atoms with van der Waals surface area (Å²) >= 11 is 0. The lowest BCUT2D eigenvalue weighted by atomic mass is 10.00. The van der Waals surface area contributed by atoms with Gasteiger partial charge in [0.1, 0.15) is 6.23 Å². The molecule has 3 heteroatoms. The molecule has 0 aromatic heterocycles. The quantitative estimate of drug-likeness (QED) is 0.844. The Hall–Kier alpha value is -1.35. The van der Waals surface area contributed by atoms with Gasteiger partial charge in [0.15, 0.2) is 0 Å². The van der Waals surface area contributed by atoms with Gasteiger partial charge in [-0.15, -0.1) is 0 Å². The van der Waals surface area contributed by atoms with Gasteiger partial charge in [0.05, 0.1) is 6.42 Å². The Labute approximate surface area is 102 Å². The van der Waals surface area contributed by atoms with Gasteiger partial charge >= 0.3 is 0 Å². The fourth-order valence-corrected chi connectivity index (χ4v) is 2.28. The number of hydrogen-bond donors (Lipinski definition) is 1.